The Bertz CT molecular complexity index is 461. The zero-order chi connectivity index (χ0) is 15.9. The summed E-state index contributed by atoms with van der Waals surface area (Å²) in [5.74, 6) is 0.361. The van der Waals surface area contributed by atoms with Gasteiger partial charge in [-0.1, -0.05) is 44.5 Å². The van der Waals surface area contributed by atoms with Crippen LogP contribution in [0.15, 0.2) is 24.3 Å². The van der Waals surface area contributed by atoms with Gasteiger partial charge in [-0.15, -0.1) is 0 Å². The first kappa shape index (κ1) is 17.8. The smallest absolute Gasteiger partial charge is 0.261 e. The van der Waals surface area contributed by atoms with Crippen LogP contribution < -0.4 is 15.8 Å². The molecule has 1 amide bonds. The number of nitrogens with two attached hydrogens (primary N) is 1. The predicted octanol–water partition coefficient (Wildman–Crippen LogP) is 3.13. The minimum Gasteiger partial charge on any atom is -0.479 e. The van der Waals surface area contributed by atoms with Crippen molar-refractivity contribution in [2.45, 2.75) is 51.7 Å². The molecule has 0 aliphatic carbocycles. The monoisotopic (exact) mass is 312 g/mol. The van der Waals surface area contributed by atoms with Crippen LogP contribution in [0.5, 0.6) is 5.75 Å². The van der Waals surface area contributed by atoms with Crippen LogP contribution in [0.1, 0.15) is 40.0 Å². The van der Waals surface area contributed by atoms with Gasteiger partial charge in [-0.05, 0) is 31.4 Å². The molecule has 0 radical (unpaired) electrons. The lowest BCUT2D eigenvalue weighted by Gasteiger charge is -2.28. The van der Waals surface area contributed by atoms with Crippen LogP contribution in [-0.2, 0) is 4.79 Å². The van der Waals surface area contributed by atoms with E-state index in [1.165, 1.54) is 0 Å². The number of benzene rings is 1. The van der Waals surface area contributed by atoms with Gasteiger partial charge in [-0.3, -0.25) is 4.79 Å². The Kier molecular flexibility index (Phi) is 6.99. The van der Waals surface area contributed by atoms with E-state index in [2.05, 4.69) is 5.32 Å². The molecular formula is C16H25ClN2O2. The number of ether oxygens (including phenoxy) is 1. The Labute approximate surface area is 132 Å². The summed E-state index contributed by atoms with van der Waals surface area (Å²) in [4.78, 5) is 12.2. The van der Waals surface area contributed by atoms with Crippen molar-refractivity contribution in [1.29, 1.82) is 0 Å². The molecule has 0 saturated heterocycles. The molecule has 0 aromatic heterocycles. The Morgan fingerprint density at radius 3 is 2.48 bits per heavy atom. The van der Waals surface area contributed by atoms with Crippen molar-refractivity contribution in [3.05, 3.63) is 29.3 Å². The van der Waals surface area contributed by atoms with Gasteiger partial charge in [0, 0.05) is 12.1 Å². The van der Waals surface area contributed by atoms with Crippen LogP contribution in [0.4, 0.5) is 0 Å². The molecule has 0 aliphatic rings. The topological polar surface area (TPSA) is 64.3 Å². The fourth-order valence-electron chi connectivity index (χ4n) is 1.89. The van der Waals surface area contributed by atoms with Crippen molar-refractivity contribution in [3.63, 3.8) is 0 Å². The summed E-state index contributed by atoms with van der Waals surface area (Å²) in [5.41, 5.74) is 5.82. The van der Waals surface area contributed by atoms with Gasteiger partial charge in [0.1, 0.15) is 5.75 Å². The number of hydrogen-bond donors (Lipinski definition) is 2. The SMILES string of the molecule is CCC(Oc1ccccc1Cl)C(=O)NCC(N)(CC)CC. The number of para-hydroxylation sites is 1. The lowest BCUT2D eigenvalue weighted by atomic mass is 9.94. The van der Waals surface area contributed by atoms with Crippen LogP contribution in [0.3, 0.4) is 0 Å². The van der Waals surface area contributed by atoms with Gasteiger partial charge in [0.05, 0.1) is 5.02 Å². The zero-order valence-corrected chi connectivity index (χ0v) is 13.7. The van der Waals surface area contributed by atoms with Gasteiger partial charge >= 0.3 is 0 Å². The first-order valence-corrected chi connectivity index (χ1v) is 7.81. The van der Waals surface area contributed by atoms with E-state index in [0.29, 0.717) is 23.7 Å². The summed E-state index contributed by atoms with van der Waals surface area (Å²) in [6, 6.07) is 7.14. The molecule has 1 atom stereocenters. The third-order valence-electron chi connectivity index (χ3n) is 3.79. The first-order chi connectivity index (χ1) is 9.95. The third kappa shape index (κ3) is 5.21. The molecule has 3 N–H and O–H groups in total. The standard InChI is InChI=1S/C16H25ClN2O2/c1-4-13(21-14-10-8-7-9-12(14)17)15(20)19-11-16(18,5-2)6-3/h7-10,13H,4-6,11,18H2,1-3H3,(H,19,20). The number of carbonyl (C=O) groups is 1. The van der Waals surface area contributed by atoms with Crippen LogP contribution >= 0.6 is 11.6 Å². The van der Waals surface area contributed by atoms with Gasteiger partial charge in [0.15, 0.2) is 6.10 Å². The predicted molar refractivity (Wildman–Crippen MR) is 86.7 cm³/mol. The maximum Gasteiger partial charge on any atom is 0.261 e. The molecule has 21 heavy (non-hydrogen) atoms. The Morgan fingerprint density at radius 2 is 1.95 bits per heavy atom. The Balaban J connectivity index is 2.64. The zero-order valence-electron chi connectivity index (χ0n) is 13.0. The van der Waals surface area contributed by atoms with E-state index in [0.717, 1.165) is 12.8 Å². The first-order valence-electron chi connectivity index (χ1n) is 7.43. The van der Waals surface area contributed by atoms with Gasteiger partial charge in [-0.25, -0.2) is 0 Å². The van der Waals surface area contributed by atoms with Gasteiger partial charge in [0.25, 0.3) is 5.91 Å². The van der Waals surface area contributed by atoms with Crippen molar-refractivity contribution in [3.8, 4) is 5.75 Å². The van der Waals surface area contributed by atoms with E-state index in [1.54, 1.807) is 12.1 Å². The molecular weight excluding hydrogens is 288 g/mol. The normalized spacial score (nSPS) is 12.8. The molecule has 1 aromatic carbocycles. The van der Waals surface area contributed by atoms with E-state index in [4.69, 9.17) is 22.1 Å². The van der Waals surface area contributed by atoms with E-state index in [1.807, 2.05) is 32.9 Å². The lowest BCUT2D eigenvalue weighted by Crippen LogP contribution is -2.51. The molecule has 0 fully saturated rings. The molecule has 0 saturated carbocycles. The maximum atomic E-state index is 12.2. The molecule has 0 heterocycles. The lowest BCUT2D eigenvalue weighted by molar-refractivity contribution is -0.128. The summed E-state index contributed by atoms with van der Waals surface area (Å²) in [7, 11) is 0. The van der Waals surface area contributed by atoms with Crippen molar-refractivity contribution >= 4 is 17.5 Å². The molecule has 1 aromatic rings. The average Bonchev–Trinajstić information content (AvgIpc) is 2.51. The summed E-state index contributed by atoms with van der Waals surface area (Å²) in [5, 5.41) is 3.38. The highest BCUT2D eigenvalue weighted by Gasteiger charge is 2.24. The van der Waals surface area contributed by atoms with Crippen molar-refractivity contribution in [1.82, 2.24) is 5.32 Å². The fourth-order valence-corrected chi connectivity index (χ4v) is 2.07. The second kappa shape index (κ2) is 8.25. The quantitative estimate of drug-likeness (QED) is 0.775. The van der Waals surface area contributed by atoms with Crippen molar-refractivity contribution in [2.24, 2.45) is 5.73 Å². The Morgan fingerprint density at radius 1 is 1.33 bits per heavy atom. The molecule has 0 aliphatic heterocycles. The molecule has 0 spiro atoms. The van der Waals surface area contributed by atoms with Gasteiger partial charge < -0.3 is 15.8 Å². The minimum atomic E-state index is -0.567. The summed E-state index contributed by atoms with van der Waals surface area (Å²) >= 11 is 6.05. The summed E-state index contributed by atoms with van der Waals surface area (Å²) in [6.45, 7) is 6.39. The fraction of sp³-hybridized carbons (Fsp3) is 0.562. The van der Waals surface area contributed by atoms with E-state index in [9.17, 15) is 4.79 Å². The van der Waals surface area contributed by atoms with Crippen LogP contribution in [0.2, 0.25) is 5.02 Å². The molecule has 118 valence electrons. The van der Waals surface area contributed by atoms with Crippen LogP contribution in [0.25, 0.3) is 0 Å². The number of nitrogens with one attached hydrogen (secondary N) is 1. The van der Waals surface area contributed by atoms with Gasteiger partial charge in [-0.2, -0.15) is 0 Å². The van der Waals surface area contributed by atoms with E-state index >= 15 is 0 Å². The largest absolute Gasteiger partial charge is 0.479 e. The number of rotatable bonds is 8. The van der Waals surface area contributed by atoms with E-state index in [-0.39, 0.29) is 11.4 Å². The van der Waals surface area contributed by atoms with E-state index < -0.39 is 6.10 Å². The number of halogens is 1. The third-order valence-corrected chi connectivity index (χ3v) is 4.10. The highest BCUT2D eigenvalue weighted by Crippen LogP contribution is 2.24. The number of hydrogen-bond acceptors (Lipinski definition) is 3. The number of carbonyl (C=O) groups excluding carboxylic acids is 1. The molecule has 0 bridgehead atoms. The average molecular weight is 313 g/mol. The molecule has 1 unspecified atom stereocenters. The summed E-state index contributed by atoms with van der Waals surface area (Å²) < 4.78 is 5.70. The summed E-state index contributed by atoms with van der Waals surface area (Å²) in [6.07, 6.45) is 1.62. The maximum absolute atomic E-state index is 12.2. The minimum absolute atomic E-state index is 0.158. The van der Waals surface area contributed by atoms with Crippen LogP contribution in [0, 0.1) is 0 Å². The molecule has 4 nitrogen and oxygen atoms in total. The van der Waals surface area contributed by atoms with Gasteiger partial charge in [0.2, 0.25) is 0 Å². The molecule has 5 heteroatoms. The van der Waals surface area contributed by atoms with Crippen molar-refractivity contribution in [2.75, 3.05) is 6.54 Å². The Hall–Kier alpha value is -1.26. The molecule has 1 rings (SSSR count). The highest BCUT2D eigenvalue weighted by atomic mass is 35.5. The second-order valence-corrected chi connectivity index (χ2v) is 5.64. The highest BCUT2D eigenvalue weighted by molar-refractivity contribution is 6.32. The second-order valence-electron chi connectivity index (χ2n) is 5.23. The van der Waals surface area contributed by atoms with Crippen LogP contribution in [-0.4, -0.2) is 24.1 Å². The number of amides is 1. The van der Waals surface area contributed by atoms with Crippen molar-refractivity contribution < 1.29 is 9.53 Å².